The summed E-state index contributed by atoms with van der Waals surface area (Å²) in [5, 5.41) is 0.578. The molecule has 0 aromatic heterocycles. The molecular weight excluding hydrogens is 427 g/mol. The van der Waals surface area contributed by atoms with Crippen molar-refractivity contribution in [1.82, 2.24) is 0 Å². The van der Waals surface area contributed by atoms with Gasteiger partial charge in [0, 0.05) is 0 Å². The number of aliphatic imine (C=N–C) groups is 1. The average Bonchev–Trinajstić information content (AvgIpc) is 3.14. The molecule has 5 nitrogen and oxygen atoms in total. The van der Waals surface area contributed by atoms with Gasteiger partial charge in [-0.25, -0.2) is 4.39 Å². The summed E-state index contributed by atoms with van der Waals surface area (Å²) in [5.74, 6) is 0.943. The first-order valence-electron chi connectivity index (χ1n) is 10.1. The minimum Gasteiger partial charge on any atom is -0.486 e. The lowest BCUT2D eigenvalue weighted by atomic mass is 10.1. The van der Waals surface area contributed by atoms with Crippen LogP contribution in [0.2, 0.25) is 0 Å². The van der Waals surface area contributed by atoms with E-state index < -0.39 is 0 Å². The molecule has 2 aliphatic heterocycles. The molecule has 0 saturated carbocycles. The lowest BCUT2D eigenvalue weighted by Crippen LogP contribution is -2.28. The van der Waals surface area contributed by atoms with E-state index in [0.29, 0.717) is 41.3 Å². The Hall–Kier alpha value is -3.58. The lowest BCUT2D eigenvalue weighted by molar-refractivity contribution is -0.113. The second kappa shape index (κ2) is 8.88. The maximum Gasteiger partial charge on any atom is 0.271 e. The van der Waals surface area contributed by atoms with Crippen LogP contribution >= 0.6 is 11.8 Å². The quantitative estimate of drug-likeness (QED) is 0.512. The number of halogens is 1. The molecule has 2 aliphatic rings. The number of amidine groups is 1. The van der Waals surface area contributed by atoms with Crippen LogP contribution in [0.3, 0.4) is 0 Å². The molecule has 3 aromatic rings. The fourth-order valence-corrected chi connectivity index (χ4v) is 4.41. The maximum absolute atomic E-state index is 13.3. The second-order valence-electron chi connectivity index (χ2n) is 7.22. The molecule has 160 valence electrons. The fraction of sp³-hybridized carbons (Fsp3) is 0.120. The minimum absolute atomic E-state index is 0.144. The van der Waals surface area contributed by atoms with E-state index in [2.05, 4.69) is 4.99 Å². The number of anilines is 1. The first-order chi connectivity index (χ1) is 15.7. The largest absolute Gasteiger partial charge is 0.486 e. The Morgan fingerprint density at radius 2 is 1.72 bits per heavy atom. The number of para-hydroxylation sites is 1. The number of hydrogen-bond donors (Lipinski definition) is 0. The molecular formula is C25H19FN2O3S. The zero-order valence-electron chi connectivity index (χ0n) is 17.0. The number of thioether (sulfide) groups is 1. The summed E-state index contributed by atoms with van der Waals surface area (Å²) < 4.78 is 24.4. The van der Waals surface area contributed by atoms with E-state index in [0.717, 1.165) is 16.8 Å². The van der Waals surface area contributed by atoms with Gasteiger partial charge in [0.15, 0.2) is 16.7 Å². The van der Waals surface area contributed by atoms with Crippen LogP contribution in [0, 0.1) is 5.82 Å². The van der Waals surface area contributed by atoms with Crippen LogP contribution in [-0.4, -0.2) is 24.3 Å². The molecule has 2 heterocycles. The first kappa shape index (κ1) is 20.3. The average molecular weight is 447 g/mol. The summed E-state index contributed by atoms with van der Waals surface area (Å²) in [7, 11) is 0. The minimum atomic E-state index is -0.289. The van der Waals surface area contributed by atoms with E-state index in [1.165, 1.54) is 23.9 Å². The molecule has 0 radical (unpaired) electrons. The normalized spacial score (nSPS) is 17.9. The van der Waals surface area contributed by atoms with E-state index in [9.17, 15) is 9.18 Å². The Bertz CT molecular complexity index is 1210. The van der Waals surface area contributed by atoms with Crippen molar-refractivity contribution in [2.24, 2.45) is 4.99 Å². The standard InChI is InChI=1S/C25H19FN2O3S/c26-19-9-6-17(7-10-19)16-27-25-28(20-4-2-1-3-5-20)24(29)23(32-25)15-18-8-11-21-22(14-18)31-13-12-30-21/h1-11,14-15H,12-13,16H2/b23-15-,27-25-. The molecule has 0 atom stereocenters. The highest BCUT2D eigenvalue weighted by molar-refractivity contribution is 8.19. The predicted octanol–water partition coefficient (Wildman–Crippen LogP) is 5.27. The van der Waals surface area contributed by atoms with Crippen molar-refractivity contribution in [3.63, 3.8) is 0 Å². The number of ether oxygens (including phenoxy) is 2. The van der Waals surface area contributed by atoms with Crippen LogP contribution in [0.4, 0.5) is 10.1 Å². The van der Waals surface area contributed by atoms with Crippen LogP contribution in [0.15, 0.2) is 82.7 Å². The topological polar surface area (TPSA) is 51.1 Å². The Morgan fingerprint density at radius 1 is 0.969 bits per heavy atom. The van der Waals surface area contributed by atoms with Crippen molar-refractivity contribution in [1.29, 1.82) is 0 Å². The van der Waals surface area contributed by atoms with Gasteiger partial charge in [0.1, 0.15) is 19.0 Å². The molecule has 1 amide bonds. The summed E-state index contributed by atoms with van der Waals surface area (Å²) in [6, 6.07) is 21.2. The number of carbonyl (C=O) groups is 1. The monoisotopic (exact) mass is 446 g/mol. The van der Waals surface area contributed by atoms with Gasteiger partial charge in [-0.1, -0.05) is 36.4 Å². The van der Waals surface area contributed by atoms with Crippen molar-refractivity contribution in [2.75, 3.05) is 18.1 Å². The van der Waals surface area contributed by atoms with Crippen LogP contribution in [0.25, 0.3) is 6.08 Å². The molecule has 1 fully saturated rings. The van der Waals surface area contributed by atoms with Gasteiger partial charge in [0.05, 0.1) is 17.1 Å². The van der Waals surface area contributed by atoms with Crippen LogP contribution in [-0.2, 0) is 11.3 Å². The third-order valence-electron chi connectivity index (χ3n) is 4.99. The highest BCUT2D eigenvalue weighted by Crippen LogP contribution is 2.37. The highest BCUT2D eigenvalue weighted by Gasteiger charge is 2.34. The highest BCUT2D eigenvalue weighted by atomic mass is 32.2. The Balaban J connectivity index is 1.47. The molecule has 3 aromatic carbocycles. The van der Waals surface area contributed by atoms with Gasteiger partial charge >= 0.3 is 0 Å². The number of nitrogens with zero attached hydrogens (tertiary/aromatic N) is 2. The molecule has 1 saturated heterocycles. The van der Waals surface area contributed by atoms with Crippen molar-refractivity contribution in [3.05, 3.63) is 94.6 Å². The van der Waals surface area contributed by atoms with E-state index >= 15 is 0 Å². The molecule has 0 aliphatic carbocycles. The fourth-order valence-electron chi connectivity index (χ4n) is 3.43. The third kappa shape index (κ3) is 4.24. The molecule has 7 heteroatoms. The van der Waals surface area contributed by atoms with E-state index in [-0.39, 0.29) is 11.7 Å². The van der Waals surface area contributed by atoms with Gasteiger partial charge in [0.2, 0.25) is 0 Å². The molecule has 0 N–H and O–H groups in total. The Labute approximate surface area is 189 Å². The van der Waals surface area contributed by atoms with Crippen LogP contribution < -0.4 is 14.4 Å². The van der Waals surface area contributed by atoms with Gasteiger partial charge < -0.3 is 9.47 Å². The summed E-state index contributed by atoms with van der Waals surface area (Å²) in [5.41, 5.74) is 2.45. The second-order valence-corrected chi connectivity index (χ2v) is 8.22. The Kier molecular flexibility index (Phi) is 5.64. The summed E-state index contributed by atoms with van der Waals surface area (Å²) in [6.07, 6.45) is 1.83. The molecule has 0 bridgehead atoms. The van der Waals surface area contributed by atoms with Gasteiger partial charge in [-0.2, -0.15) is 0 Å². The molecule has 0 unspecified atom stereocenters. The lowest BCUT2D eigenvalue weighted by Gasteiger charge is -2.18. The van der Waals surface area contributed by atoms with Gasteiger partial charge in [-0.3, -0.25) is 14.7 Å². The maximum atomic E-state index is 13.3. The van der Waals surface area contributed by atoms with Gasteiger partial charge in [-0.05, 0) is 65.4 Å². The molecule has 5 rings (SSSR count). The smallest absolute Gasteiger partial charge is 0.271 e. The SMILES string of the molecule is O=C1/C(=C/c2ccc3c(c2)OCCO3)S/C(=N\Cc2ccc(F)cc2)N1c1ccccc1. The van der Waals surface area contributed by atoms with E-state index in [1.54, 1.807) is 17.0 Å². The molecule has 0 spiro atoms. The van der Waals surface area contributed by atoms with Crippen molar-refractivity contribution in [2.45, 2.75) is 6.54 Å². The number of fused-ring (bicyclic) bond motifs is 1. The van der Waals surface area contributed by atoms with Gasteiger partial charge in [0.25, 0.3) is 5.91 Å². The number of rotatable bonds is 4. The zero-order valence-corrected chi connectivity index (χ0v) is 17.8. The van der Waals surface area contributed by atoms with Crippen LogP contribution in [0.1, 0.15) is 11.1 Å². The molecule has 32 heavy (non-hydrogen) atoms. The zero-order chi connectivity index (χ0) is 21.9. The first-order valence-corrected chi connectivity index (χ1v) is 11.0. The van der Waals surface area contributed by atoms with Crippen molar-refractivity contribution < 1.29 is 18.7 Å². The van der Waals surface area contributed by atoms with Crippen molar-refractivity contribution >= 4 is 34.6 Å². The van der Waals surface area contributed by atoms with E-state index in [1.807, 2.05) is 54.6 Å². The Morgan fingerprint density at radius 3 is 2.50 bits per heavy atom. The third-order valence-corrected chi connectivity index (χ3v) is 6.00. The summed E-state index contributed by atoms with van der Waals surface area (Å²) >= 11 is 1.32. The van der Waals surface area contributed by atoms with Gasteiger partial charge in [-0.15, -0.1) is 0 Å². The van der Waals surface area contributed by atoms with Crippen molar-refractivity contribution in [3.8, 4) is 11.5 Å². The number of carbonyl (C=O) groups excluding carboxylic acids is 1. The summed E-state index contributed by atoms with van der Waals surface area (Å²) in [4.78, 5) is 20.2. The number of hydrogen-bond acceptors (Lipinski definition) is 5. The number of amides is 1. The van der Waals surface area contributed by atoms with E-state index in [4.69, 9.17) is 9.47 Å². The predicted molar refractivity (Wildman–Crippen MR) is 124 cm³/mol. The van der Waals surface area contributed by atoms with Crippen LogP contribution in [0.5, 0.6) is 11.5 Å². The summed E-state index contributed by atoms with van der Waals surface area (Å²) in [6.45, 7) is 1.38. The number of benzene rings is 3.